The number of para-hydroxylation sites is 1. The van der Waals surface area contributed by atoms with Crippen LogP contribution >= 0.6 is 11.6 Å². The first-order chi connectivity index (χ1) is 9.13. The maximum Gasteiger partial charge on any atom is 0.111 e. The average Bonchev–Trinajstić information content (AvgIpc) is 2.69. The fraction of sp³-hybridized carbons (Fsp3) is 0.533. The molecule has 2 aromatic rings. The van der Waals surface area contributed by atoms with Gasteiger partial charge in [0.05, 0.1) is 23.7 Å². The van der Waals surface area contributed by atoms with Crippen LogP contribution < -0.4 is 0 Å². The molecule has 4 heteroatoms. The van der Waals surface area contributed by atoms with Gasteiger partial charge in [-0.15, -0.1) is 11.6 Å². The molecule has 0 saturated heterocycles. The molecule has 104 valence electrons. The Kier molecular flexibility index (Phi) is 4.83. The highest BCUT2D eigenvalue weighted by Gasteiger charge is 2.12. The van der Waals surface area contributed by atoms with E-state index in [-0.39, 0.29) is 6.10 Å². The van der Waals surface area contributed by atoms with Crippen LogP contribution in [0.15, 0.2) is 18.2 Å². The second-order valence-corrected chi connectivity index (χ2v) is 5.36. The molecule has 0 aliphatic carbocycles. The van der Waals surface area contributed by atoms with Crippen molar-refractivity contribution >= 4 is 22.6 Å². The van der Waals surface area contributed by atoms with Crippen molar-refractivity contribution in [2.45, 2.75) is 39.8 Å². The van der Waals surface area contributed by atoms with Gasteiger partial charge in [-0.1, -0.05) is 12.1 Å². The zero-order valence-corrected chi connectivity index (χ0v) is 12.6. The molecule has 1 heterocycles. The molecule has 0 aliphatic heterocycles. The molecule has 0 fully saturated rings. The molecule has 0 unspecified atom stereocenters. The lowest BCUT2D eigenvalue weighted by atomic mass is 10.2. The summed E-state index contributed by atoms with van der Waals surface area (Å²) in [4.78, 5) is 4.68. The van der Waals surface area contributed by atoms with Crippen molar-refractivity contribution < 1.29 is 4.74 Å². The second-order valence-electron chi connectivity index (χ2n) is 4.98. The number of hydrogen-bond acceptors (Lipinski definition) is 2. The van der Waals surface area contributed by atoms with Crippen LogP contribution in [0.5, 0.6) is 0 Å². The Morgan fingerprint density at radius 3 is 2.84 bits per heavy atom. The third-order valence-corrected chi connectivity index (χ3v) is 3.32. The van der Waals surface area contributed by atoms with E-state index < -0.39 is 0 Å². The molecule has 0 aliphatic rings. The average molecular weight is 281 g/mol. The van der Waals surface area contributed by atoms with Crippen molar-refractivity contribution in [1.82, 2.24) is 9.55 Å². The van der Waals surface area contributed by atoms with E-state index in [1.807, 2.05) is 6.07 Å². The summed E-state index contributed by atoms with van der Waals surface area (Å²) in [6.07, 6.45) is 1.05. The largest absolute Gasteiger partial charge is 0.377 e. The zero-order chi connectivity index (χ0) is 13.8. The molecule has 1 aromatic carbocycles. The Morgan fingerprint density at radius 1 is 1.37 bits per heavy atom. The molecule has 0 N–H and O–H groups in total. The number of benzene rings is 1. The number of hydrogen-bond donors (Lipinski definition) is 0. The number of nitrogens with zero attached hydrogens (tertiary/aromatic N) is 2. The Bertz CT molecular complexity index is 548. The van der Waals surface area contributed by atoms with Crippen LogP contribution in [0.3, 0.4) is 0 Å². The maximum absolute atomic E-state index is 5.88. The fourth-order valence-electron chi connectivity index (χ4n) is 2.31. The Labute approximate surface area is 119 Å². The topological polar surface area (TPSA) is 27.1 Å². The van der Waals surface area contributed by atoms with Gasteiger partial charge in [0, 0.05) is 18.8 Å². The molecular weight excluding hydrogens is 260 g/mol. The van der Waals surface area contributed by atoms with E-state index in [0.29, 0.717) is 12.5 Å². The molecule has 0 atom stereocenters. The number of ether oxygens (including phenoxy) is 1. The van der Waals surface area contributed by atoms with Crippen molar-refractivity contribution in [3.05, 3.63) is 29.6 Å². The van der Waals surface area contributed by atoms with Gasteiger partial charge in [-0.2, -0.15) is 0 Å². The SMILES string of the molecule is Cc1cccc2nc(CCCl)n(CCOC(C)C)c12. The van der Waals surface area contributed by atoms with Crippen LogP contribution in [0.1, 0.15) is 25.2 Å². The predicted molar refractivity (Wildman–Crippen MR) is 80.0 cm³/mol. The Balaban J connectivity index is 2.34. The zero-order valence-electron chi connectivity index (χ0n) is 11.8. The number of rotatable bonds is 6. The summed E-state index contributed by atoms with van der Waals surface area (Å²) in [5.74, 6) is 1.64. The lowest BCUT2D eigenvalue weighted by molar-refractivity contribution is 0.0729. The first-order valence-electron chi connectivity index (χ1n) is 6.75. The molecule has 0 radical (unpaired) electrons. The van der Waals surface area contributed by atoms with Crippen LogP contribution in [0, 0.1) is 6.92 Å². The minimum absolute atomic E-state index is 0.257. The summed E-state index contributed by atoms with van der Waals surface area (Å²) in [5.41, 5.74) is 3.50. The smallest absolute Gasteiger partial charge is 0.111 e. The van der Waals surface area contributed by atoms with Gasteiger partial charge in [0.2, 0.25) is 0 Å². The van der Waals surface area contributed by atoms with E-state index >= 15 is 0 Å². The summed E-state index contributed by atoms with van der Waals surface area (Å²) in [6, 6.07) is 6.22. The lowest BCUT2D eigenvalue weighted by Crippen LogP contribution is -2.13. The summed E-state index contributed by atoms with van der Waals surface area (Å²) in [6.45, 7) is 7.75. The first kappa shape index (κ1) is 14.4. The number of imidazole rings is 1. The normalized spacial score (nSPS) is 11.6. The monoisotopic (exact) mass is 280 g/mol. The minimum Gasteiger partial charge on any atom is -0.377 e. The molecule has 0 spiro atoms. The summed E-state index contributed by atoms with van der Waals surface area (Å²) in [7, 11) is 0. The van der Waals surface area contributed by atoms with Gasteiger partial charge in [0.15, 0.2) is 0 Å². The Morgan fingerprint density at radius 2 is 2.16 bits per heavy atom. The van der Waals surface area contributed by atoms with E-state index in [2.05, 4.69) is 42.5 Å². The van der Waals surface area contributed by atoms with Gasteiger partial charge in [0.1, 0.15) is 5.82 Å². The van der Waals surface area contributed by atoms with Crippen molar-refractivity contribution in [2.75, 3.05) is 12.5 Å². The van der Waals surface area contributed by atoms with Crippen LogP contribution in [-0.4, -0.2) is 28.1 Å². The van der Waals surface area contributed by atoms with E-state index in [4.69, 9.17) is 16.3 Å². The molecule has 0 amide bonds. The number of alkyl halides is 1. The predicted octanol–water partition coefficient (Wildman–Crippen LogP) is 3.55. The maximum atomic E-state index is 5.88. The Hall–Kier alpha value is -1.06. The van der Waals surface area contributed by atoms with Crippen molar-refractivity contribution in [1.29, 1.82) is 0 Å². The van der Waals surface area contributed by atoms with Gasteiger partial charge in [-0.25, -0.2) is 4.98 Å². The van der Waals surface area contributed by atoms with E-state index in [0.717, 1.165) is 24.3 Å². The molecule has 19 heavy (non-hydrogen) atoms. The van der Waals surface area contributed by atoms with E-state index in [1.54, 1.807) is 0 Å². The third-order valence-electron chi connectivity index (χ3n) is 3.13. The highest BCUT2D eigenvalue weighted by Crippen LogP contribution is 2.20. The summed E-state index contributed by atoms with van der Waals surface area (Å²) >= 11 is 5.88. The van der Waals surface area contributed by atoms with Gasteiger partial charge in [-0.3, -0.25) is 0 Å². The molecule has 3 nitrogen and oxygen atoms in total. The van der Waals surface area contributed by atoms with Crippen molar-refractivity contribution in [3.8, 4) is 0 Å². The van der Waals surface area contributed by atoms with Gasteiger partial charge in [0.25, 0.3) is 0 Å². The number of fused-ring (bicyclic) bond motifs is 1. The van der Waals surface area contributed by atoms with Crippen molar-refractivity contribution in [3.63, 3.8) is 0 Å². The van der Waals surface area contributed by atoms with Crippen LogP contribution in [0.4, 0.5) is 0 Å². The summed E-state index contributed by atoms with van der Waals surface area (Å²) in [5, 5.41) is 0. The highest BCUT2D eigenvalue weighted by atomic mass is 35.5. The molecule has 0 saturated carbocycles. The van der Waals surface area contributed by atoms with Crippen LogP contribution in [0.25, 0.3) is 11.0 Å². The van der Waals surface area contributed by atoms with Crippen molar-refractivity contribution in [2.24, 2.45) is 0 Å². The quantitative estimate of drug-likeness (QED) is 0.757. The number of halogens is 1. The second kappa shape index (κ2) is 6.40. The minimum atomic E-state index is 0.257. The molecular formula is C15H21ClN2O. The fourth-order valence-corrected chi connectivity index (χ4v) is 2.48. The molecule has 0 bridgehead atoms. The molecule has 2 rings (SSSR count). The standard InChI is InChI=1S/C15H21ClN2O/c1-11(2)19-10-9-18-14(7-8-16)17-13-6-4-5-12(3)15(13)18/h4-6,11H,7-10H2,1-3H3. The van der Waals surface area contributed by atoms with E-state index in [9.17, 15) is 0 Å². The molecule has 1 aromatic heterocycles. The number of aromatic nitrogens is 2. The van der Waals surface area contributed by atoms with Gasteiger partial charge < -0.3 is 9.30 Å². The lowest BCUT2D eigenvalue weighted by Gasteiger charge is -2.12. The van der Waals surface area contributed by atoms with E-state index in [1.165, 1.54) is 11.1 Å². The summed E-state index contributed by atoms with van der Waals surface area (Å²) < 4.78 is 7.90. The first-order valence-corrected chi connectivity index (χ1v) is 7.29. The van der Waals surface area contributed by atoms with Gasteiger partial charge in [-0.05, 0) is 32.4 Å². The third kappa shape index (κ3) is 3.28. The van der Waals surface area contributed by atoms with Crippen LogP contribution in [-0.2, 0) is 17.7 Å². The van der Waals surface area contributed by atoms with Gasteiger partial charge >= 0.3 is 0 Å². The van der Waals surface area contributed by atoms with Crippen LogP contribution in [0.2, 0.25) is 0 Å². The number of aryl methyl sites for hydroxylation is 2. The highest BCUT2D eigenvalue weighted by molar-refractivity contribution is 6.17.